The van der Waals surface area contributed by atoms with Gasteiger partial charge in [-0.1, -0.05) is 6.07 Å². The van der Waals surface area contributed by atoms with E-state index >= 15 is 0 Å². The molecule has 5 heteroatoms. The van der Waals surface area contributed by atoms with Crippen molar-refractivity contribution in [1.82, 2.24) is 0 Å². The van der Waals surface area contributed by atoms with Crippen LogP contribution in [-0.4, -0.2) is 24.4 Å². The molecule has 0 atom stereocenters. The number of para-hydroxylation sites is 1. The maximum absolute atomic E-state index is 11.0. The van der Waals surface area contributed by atoms with E-state index in [2.05, 4.69) is 15.9 Å². The quantitative estimate of drug-likeness (QED) is 0.790. The Bertz CT molecular complexity index is 394. The van der Waals surface area contributed by atoms with Crippen molar-refractivity contribution in [3.8, 4) is 5.75 Å². The Morgan fingerprint density at radius 3 is 3.07 bits per heavy atom. The van der Waals surface area contributed by atoms with Gasteiger partial charge in [-0.05, 0) is 34.5 Å². The number of hydrogen-bond donors (Lipinski definition) is 1. The van der Waals surface area contributed by atoms with Crippen molar-refractivity contribution in [3.63, 3.8) is 0 Å². The molecule has 4 nitrogen and oxygen atoms in total. The number of fused-ring (bicyclic) bond motifs is 1. The van der Waals surface area contributed by atoms with Gasteiger partial charge < -0.3 is 9.84 Å². The molecule has 1 amide bonds. The van der Waals surface area contributed by atoms with E-state index in [0.717, 1.165) is 4.47 Å². The van der Waals surface area contributed by atoms with Crippen molar-refractivity contribution in [1.29, 1.82) is 0 Å². The fourth-order valence-corrected chi connectivity index (χ4v) is 2.04. The predicted molar refractivity (Wildman–Crippen MR) is 59.6 cm³/mol. The second kappa shape index (κ2) is 4.10. The highest BCUT2D eigenvalue weighted by molar-refractivity contribution is 9.10. The number of amides is 1. The number of halogens is 1. The topological polar surface area (TPSA) is 49.8 Å². The molecule has 1 heterocycles. The average Bonchev–Trinajstić information content (AvgIpc) is 2.40. The highest BCUT2D eigenvalue weighted by Crippen LogP contribution is 2.37. The lowest BCUT2D eigenvalue weighted by Crippen LogP contribution is -2.29. The molecule has 1 aliphatic rings. The van der Waals surface area contributed by atoms with E-state index in [-0.39, 0.29) is 0 Å². The Balaban J connectivity index is 2.49. The van der Waals surface area contributed by atoms with Crippen LogP contribution < -0.4 is 9.64 Å². The Morgan fingerprint density at radius 1 is 1.53 bits per heavy atom. The van der Waals surface area contributed by atoms with E-state index in [1.54, 1.807) is 12.1 Å². The molecule has 0 saturated carbocycles. The maximum Gasteiger partial charge on any atom is 0.411 e. The number of benzene rings is 1. The van der Waals surface area contributed by atoms with E-state index in [9.17, 15) is 4.79 Å². The minimum Gasteiger partial charge on any atom is -0.490 e. The molecule has 0 fully saturated rings. The first kappa shape index (κ1) is 10.3. The fourth-order valence-electron chi connectivity index (χ4n) is 1.57. The van der Waals surface area contributed by atoms with Gasteiger partial charge in [0.1, 0.15) is 0 Å². The molecule has 0 unspecified atom stereocenters. The minimum atomic E-state index is -0.945. The normalized spacial score (nSPS) is 15.1. The summed E-state index contributed by atoms with van der Waals surface area (Å²) in [5.74, 6) is 0.609. The van der Waals surface area contributed by atoms with Crippen LogP contribution in [0.3, 0.4) is 0 Å². The van der Waals surface area contributed by atoms with E-state index in [4.69, 9.17) is 9.84 Å². The number of nitrogens with zero attached hydrogens (tertiary/aromatic N) is 1. The Kier molecular flexibility index (Phi) is 2.81. The van der Waals surface area contributed by atoms with Crippen LogP contribution in [0, 0.1) is 0 Å². The summed E-state index contributed by atoms with van der Waals surface area (Å²) in [5.41, 5.74) is 0.606. The zero-order valence-corrected chi connectivity index (χ0v) is 9.53. The molecule has 1 N–H and O–H groups in total. The summed E-state index contributed by atoms with van der Waals surface area (Å²) in [7, 11) is 0. The Morgan fingerprint density at radius 2 is 2.33 bits per heavy atom. The predicted octanol–water partition coefficient (Wildman–Crippen LogP) is 2.72. The molecule has 0 bridgehead atoms. The zero-order valence-electron chi connectivity index (χ0n) is 7.94. The SMILES string of the molecule is O=C(O)N1CCCOc2c(Br)cccc21. The van der Waals surface area contributed by atoms with Crippen LogP contribution in [-0.2, 0) is 0 Å². The van der Waals surface area contributed by atoms with E-state index in [1.807, 2.05) is 6.07 Å². The molecule has 0 saturated heterocycles. The molecular formula is C10H10BrNO3. The fraction of sp³-hybridized carbons (Fsp3) is 0.300. The average molecular weight is 272 g/mol. The lowest BCUT2D eigenvalue weighted by atomic mass is 10.2. The monoisotopic (exact) mass is 271 g/mol. The lowest BCUT2D eigenvalue weighted by molar-refractivity contribution is 0.202. The van der Waals surface area contributed by atoms with E-state index in [0.29, 0.717) is 31.0 Å². The van der Waals surface area contributed by atoms with Crippen LogP contribution in [0.2, 0.25) is 0 Å². The zero-order chi connectivity index (χ0) is 10.8. The van der Waals surface area contributed by atoms with Crippen molar-refractivity contribution < 1.29 is 14.6 Å². The third-order valence-corrected chi connectivity index (χ3v) is 2.86. The molecule has 80 valence electrons. The smallest absolute Gasteiger partial charge is 0.411 e. The van der Waals surface area contributed by atoms with Crippen LogP contribution in [0.1, 0.15) is 6.42 Å². The summed E-state index contributed by atoms with van der Waals surface area (Å²) in [6, 6.07) is 5.39. The second-order valence-electron chi connectivity index (χ2n) is 3.22. The summed E-state index contributed by atoms with van der Waals surface area (Å²) in [5, 5.41) is 9.06. The highest BCUT2D eigenvalue weighted by atomic mass is 79.9. The first-order valence-corrected chi connectivity index (χ1v) is 5.41. The molecule has 0 aromatic heterocycles. The van der Waals surface area contributed by atoms with Gasteiger partial charge in [-0.3, -0.25) is 4.90 Å². The Hall–Kier alpha value is -1.23. The van der Waals surface area contributed by atoms with E-state index < -0.39 is 6.09 Å². The third kappa shape index (κ3) is 1.92. The number of carboxylic acid groups (broad SMARTS) is 1. The van der Waals surface area contributed by atoms with Gasteiger partial charge in [0.05, 0.1) is 16.8 Å². The first-order valence-electron chi connectivity index (χ1n) is 4.62. The summed E-state index contributed by atoms with van der Waals surface area (Å²) in [6.45, 7) is 1.01. The molecule has 0 radical (unpaired) electrons. The molecule has 1 aromatic carbocycles. The number of ether oxygens (including phenoxy) is 1. The van der Waals surface area contributed by atoms with Gasteiger partial charge in [-0.25, -0.2) is 4.79 Å². The van der Waals surface area contributed by atoms with Crippen molar-refractivity contribution in [2.75, 3.05) is 18.1 Å². The highest BCUT2D eigenvalue weighted by Gasteiger charge is 2.22. The standard InChI is InChI=1S/C10H10BrNO3/c11-7-3-1-4-8-9(7)15-6-2-5-12(8)10(13)14/h1,3-4H,2,5-6H2,(H,13,14). The summed E-state index contributed by atoms with van der Waals surface area (Å²) < 4.78 is 6.29. The van der Waals surface area contributed by atoms with Gasteiger partial charge >= 0.3 is 6.09 Å². The van der Waals surface area contributed by atoms with Crippen LogP contribution in [0.25, 0.3) is 0 Å². The van der Waals surface area contributed by atoms with Crippen LogP contribution >= 0.6 is 15.9 Å². The first-order chi connectivity index (χ1) is 7.20. The third-order valence-electron chi connectivity index (χ3n) is 2.24. The number of anilines is 1. The summed E-state index contributed by atoms with van der Waals surface area (Å²) in [4.78, 5) is 12.3. The number of carbonyl (C=O) groups is 1. The molecular weight excluding hydrogens is 262 g/mol. The van der Waals surface area contributed by atoms with Crippen LogP contribution in [0.5, 0.6) is 5.75 Å². The molecule has 15 heavy (non-hydrogen) atoms. The second-order valence-corrected chi connectivity index (χ2v) is 4.08. The molecule has 2 rings (SSSR count). The van der Waals surface area contributed by atoms with Crippen molar-refractivity contribution in [2.24, 2.45) is 0 Å². The van der Waals surface area contributed by atoms with Gasteiger partial charge in [0, 0.05) is 6.54 Å². The van der Waals surface area contributed by atoms with Crippen LogP contribution in [0.15, 0.2) is 22.7 Å². The van der Waals surface area contributed by atoms with Gasteiger partial charge in [-0.2, -0.15) is 0 Å². The minimum absolute atomic E-state index is 0.471. The van der Waals surface area contributed by atoms with Crippen molar-refractivity contribution in [2.45, 2.75) is 6.42 Å². The lowest BCUT2D eigenvalue weighted by Gasteiger charge is -2.18. The Labute approximate surface area is 95.6 Å². The summed E-state index contributed by atoms with van der Waals surface area (Å²) in [6.07, 6.45) is -0.243. The van der Waals surface area contributed by atoms with Crippen molar-refractivity contribution >= 4 is 27.7 Å². The molecule has 0 spiro atoms. The maximum atomic E-state index is 11.0. The molecule has 0 aliphatic carbocycles. The number of hydrogen-bond acceptors (Lipinski definition) is 2. The van der Waals surface area contributed by atoms with Gasteiger partial charge in [0.2, 0.25) is 0 Å². The van der Waals surface area contributed by atoms with Gasteiger partial charge in [0.15, 0.2) is 5.75 Å². The molecule has 1 aromatic rings. The molecule has 1 aliphatic heterocycles. The largest absolute Gasteiger partial charge is 0.490 e. The van der Waals surface area contributed by atoms with Gasteiger partial charge in [-0.15, -0.1) is 0 Å². The van der Waals surface area contributed by atoms with Crippen molar-refractivity contribution in [3.05, 3.63) is 22.7 Å². The van der Waals surface area contributed by atoms with Gasteiger partial charge in [0.25, 0.3) is 0 Å². The number of rotatable bonds is 0. The van der Waals surface area contributed by atoms with E-state index in [1.165, 1.54) is 4.90 Å². The van der Waals surface area contributed by atoms with Crippen LogP contribution in [0.4, 0.5) is 10.5 Å². The summed E-state index contributed by atoms with van der Waals surface area (Å²) >= 11 is 3.35.